The minimum Gasteiger partial charge on any atom is -0.468 e. The Morgan fingerprint density at radius 1 is 1.24 bits per heavy atom. The molecule has 1 saturated carbocycles. The van der Waals surface area contributed by atoms with E-state index >= 15 is 0 Å². The molecule has 1 aliphatic heterocycles. The van der Waals surface area contributed by atoms with Gasteiger partial charge in [-0.25, -0.2) is 0 Å². The van der Waals surface area contributed by atoms with E-state index in [1.54, 1.807) is 0 Å². The molecule has 1 N–H and O–H groups in total. The lowest BCUT2D eigenvalue weighted by Gasteiger charge is -2.27. The molecule has 0 bridgehead atoms. The number of nitrogens with one attached hydrogen (secondary N) is 1. The van der Waals surface area contributed by atoms with Gasteiger partial charge in [0.05, 0.1) is 13.0 Å². The van der Waals surface area contributed by atoms with E-state index in [0.29, 0.717) is 12.6 Å². The van der Waals surface area contributed by atoms with Crippen LogP contribution in [-0.2, 0) is 19.1 Å². The maximum Gasteiger partial charge on any atom is 0.325 e. The summed E-state index contributed by atoms with van der Waals surface area (Å²) in [6.45, 7) is 0.347. The molecule has 6 nitrogen and oxygen atoms in total. The summed E-state index contributed by atoms with van der Waals surface area (Å²) < 4.78 is 4.48. The SMILES string of the molecule is COC(=O)CNC(=O)[C@@H]1CC(=O)N(C2CCCCCC2)C1. The molecule has 6 heteroatoms. The largest absolute Gasteiger partial charge is 0.468 e. The smallest absolute Gasteiger partial charge is 0.325 e. The Morgan fingerprint density at radius 3 is 2.52 bits per heavy atom. The fraction of sp³-hybridized carbons (Fsp3) is 0.800. The van der Waals surface area contributed by atoms with E-state index in [1.165, 1.54) is 20.0 Å². The zero-order valence-electron chi connectivity index (χ0n) is 12.6. The van der Waals surface area contributed by atoms with Gasteiger partial charge in [-0.05, 0) is 12.8 Å². The molecule has 2 aliphatic rings. The van der Waals surface area contributed by atoms with E-state index in [-0.39, 0.29) is 30.7 Å². The Balaban J connectivity index is 1.86. The third kappa shape index (κ3) is 4.19. The summed E-state index contributed by atoms with van der Waals surface area (Å²) in [5, 5.41) is 2.54. The average molecular weight is 296 g/mol. The molecule has 2 amide bonds. The quantitative estimate of drug-likeness (QED) is 0.616. The average Bonchev–Trinajstić information content (AvgIpc) is 2.71. The molecule has 1 atom stereocenters. The molecule has 0 aromatic heterocycles. The van der Waals surface area contributed by atoms with E-state index < -0.39 is 5.97 Å². The zero-order chi connectivity index (χ0) is 15.2. The van der Waals surface area contributed by atoms with Crippen LogP contribution in [0, 0.1) is 5.92 Å². The summed E-state index contributed by atoms with van der Waals surface area (Å²) in [4.78, 5) is 37.1. The molecule has 1 saturated heterocycles. The molecule has 0 aromatic carbocycles. The van der Waals surface area contributed by atoms with Gasteiger partial charge in [0.25, 0.3) is 0 Å². The van der Waals surface area contributed by atoms with Crippen LogP contribution in [0.4, 0.5) is 0 Å². The maximum absolute atomic E-state index is 12.1. The molecule has 0 unspecified atom stereocenters. The van der Waals surface area contributed by atoms with Crippen molar-refractivity contribution in [2.45, 2.75) is 51.0 Å². The number of nitrogens with zero attached hydrogens (tertiary/aromatic N) is 1. The first kappa shape index (κ1) is 15.8. The van der Waals surface area contributed by atoms with Crippen LogP contribution in [0.1, 0.15) is 44.9 Å². The lowest BCUT2D eigenvalue weighted by molar-refractivity contribution is -0.141. The van der Waals surface area contributed by atoms with Crippen molar-refractivity contribution in [2.24, 2.45) is 5.92 Å². The maximum atomic E-state index is 12.1. The second-order valence-corrected chi connectivity index (χ2v) is 5.89. The van der Waals surface area contributed by atoms with E-state index in [1.807, 2.05) is 4.90 Å². The second-order valence-electron chi connectivity index (χ2n) is 5.89. The highest BCUT2D eigenvalue weighted by molar-refractivity contribution is 5.90. The van der Waals surface area contributed by atoms with Gasteiger partial charge in [-0.15, -0.1) is 0 Å². The Labute approximate surface area is 125 Å². The summed E-state index contributed by atoms with van der Waals surface area (Å²) in [5.74, 6) is -0.983. The van der Waals surface area contributed by atoms with Gasteiger partial charge in [0.1, 0.15) is 6.54 Å². The topological polar surface area (TPSA) is 75.7 Å². The predicted octanol–water partition coefficient (Wildman–Crippen LogP) is 0.847. The summed E-state index contributed by atoms with van der Waals surface area (Å²) >= 11 is 0. The molecule has 118 valence electrons. The Bertz CT molecular complexity index is 402. The van der Waals surface area contributed by atoms with Gasteiger partial charge in [-0.3, -0.25) is 14.4 Å². The fourth-order valence-corrected chi connectivity index (χ4v) is 3.21. The van der Waals surface area contributed by atoms with Crippen LogP contribution < -0.4 is 5.32 Å². The third-order valence-corrected chi connectivity index (χ3v) is 4.43. The van der Waals surface area contributed by atoms with Gasteiger partial charge < -0.3 is 15.0 Å². The highest BCUT2D eigenvalue weighted by Crippen LogP contribution is 2.28. The number of carbonyl (C=O) groups is 3. The number of methoxy groups -OCH3 is 1. The molecule has 1 aliphatic carbocycles. The minimum atomic E-state index is -0.478. The highest BCUT2D eigenvalue weighted by Gasteiger charge is 2.37. The third-order valence-electron chi connectivity index (χ3n) is 4.43. The van der Waals surface area contributed by atoms with Crippen LogP contribution in [0.2, 0.25) is 0 Å². The van der Waals surface area contributed by atoms with Gasteiger partial charge in [-0.2, -0.15) is 0 Å². The number of hydrogen-bond donors (Lipinski definition) is 1. The molecule has 0 radical (unpaired) electrons. The molecule has 2 fully saturated rings. The fourth-order valence-electron chi connectivity index (χ4n) is 3.21. The number of carbonyl (C=O) groups excluding carboxylic acids is 3. The van der Waals surface area contributed by atoms with Crippen LogP contribution >= 0.6 is 0 Å². The lowest BCUT2D eigenvalue weighted by atomic mass is 10.1. The van der Waals surface area contributed by atoms with Gasteiger partial charge >= 0.3 is 5.97 Å². The van der Waals surface area contributed by atoms with E-state index in [4.69, 9.17) is 0 Å². The Kier molecular flexibility index (Phi) is 5.59. The molecular formula is C15H24N2O4. The first-order valence-electron chi connectivity index (χ1n) is 7.76. The van der Waals surface area contributed by atoms with Gasteiger partial charge in [0.2, 0.25) is 11.8 Å². The van der Waals surface area contributed by atoms with Gasteiger partial charge in [-0.1, -0.05) is 25.7 Å². The van der Waals surface area contributed by atoms with Crippen LogP contribution in [0.5, 0.6) is 0 Å². The summed E-state index contributed by atoms with van der Waals surface area (Å²) in [7, 11) is 1.28. The molecule has 0 spiro atoms. The van der Waals surface area contributed by atoms with Crippen LogP contribution in [0.3, 0.4) is 0 Å². The zero-order valence-corrected chi connectivity index (χ0v) is 12.6. The second kappa shape index (κ2) is 7.43. The predicted molar refractivity (Wildman–Crippen MR) is 76.3 cm³/mol. The number of likely N-dealkylation sites (tertiary alicyclic amines) is 1. The van der Waals surface area contributed by atoms with Gasteiger partial charge in [0.15, 0.2) is 0 Å². The highest BCUT2D eigenvalue weighted by atomic mass is 16.5. The number of hydrogen-bond acceptors (Lipinski definition) is 4. The molecular weight excluding hydrogens is 272 g/mol. The van der Waals surface area contributed by atoms with Crippen LogP contribution in [0.15, 0.2) is 0 Å². The van der Waals surface area contributed by atoms with Crippen molar-refractivity contribution in [1.29, 1.82) is 0 Å². The molecule has 1 heterocycles. The van der Waals surface area contributed by atoms with Crippen molar-refractivity contribution in [3.05, 3.63) is 0 Å². The monoisotopic (exact) mass is 296 g/mol. The normalized spacial score (nSPS) is 23.8. The number of amides is 2. The van der Waals surface area contributed by atoms with Crippen LogP contribution in [0.25, 0.3) is 0 Å². The summed E-state index contributed by atoms with van der Waals surface area (Å²) in [6.07, 6.45) is 7.14. The number of rotatable bonds is 4. The van der Waals surface area contributed by atoms with Crippen molar-refractivity contribution < 1.29 is 19.1 Å². The standard InChI is InChI=1S/C15H24N2O4/c1-21-14(19)9-16-15(20)11-8-13(18)17(10-11)12-6-4-2-3-5-7-12/h11-12H,2-10H2,1H3,(H,16,20)/t11-/m1/s1. The summed E-state index contributed by atoms with van der Waals surface area (Å²) in [5.41, 5.74) is 0. The summed E-state index contributed by atoms with van der Waals surface area (Å²) in [6, 6.07) is 0.290. The Morgan fingerprint density at radius 2 is 1.90 bits per heavy atom. The van der Waals surface area contributed by atoms with E-state index in [0.717, 1.165) is 25.7 Å². The van der Waals surface area contributed by atoms with Gasteiger partial charge in [0, 0.05) is 19.0 Å². The number of esters is 1. The molecule has 0 aromatic rings. The number of ether oxygens (including phenoxy) is 1. The molecule has 2 rings (SSSR count). The van der Waals surface area contributed by atoms with Crippen LogP contribution in [-0.4, -0.2) is 48.9 Å². The van der Waals surface area contributed by atoms with E-state index in [9.17, 15) is 14.4 Å². The van der Waals surface area contributed by atoms with Crippen molar-refractivity contribution >= 4 is 17.8 Å². The first-order chi connectivity index (χ1) is 10.1. The first-order valence-corrected chi connectivity index (χ1v) is 7.76. The van der Waals surface area contributed by atoms with Crippen molar-refractivity contribution in [3.8, 4) is 0 Å². The van der Waals surface area contributed by atoms with Crippen molar-refractivity contribution in [3.63, 3.8) is 0 Å². The Hall–Kier alpha value is -1.59. The van der Waals surface area contributed by atoms with Crippen molar-refractivity contribution in [2.75, 3.05) is 20.2 Å². The minimum absolute atomic E-state index is 0.0696. The van der Waals surface area contributed by atoms with E-state index in [2.05, 4.69) is 10.1 Å². The lowest BCUT2D eigenvalue weighted by Crippen LogP contribution is -2.39. The molecule has 21 heavy (non-hydrogen) atoms. The van der Waals surface area contributed by atoms with Crippen molar-refractivity contribution in [1.82, 2.24) is 10.2 Å².